The van der Waals surface area contributed by atoms with Crippen molar-refractivity contribution in [3.05, 3.63) is 109 Å². The van der Waals surface area contributed by atoms with Crippen LogP contribution in [0.1, 0.15) is 26.3 Å². The predicted octanol–water partition coefficient (Wildman–Crippen LogP) is 4.14. The van der Waals surface area contributed by atoms with E-state index in [1.54, 1.807) is 12.1 Å². The van der Waals surface area contributed by atoms with E-state index in [2.05, 4.69) is 10.5 Å². The first-order valence-electron chi connectivity index (χ1n) is 9.10. The van der Waals surface area contributed by atoms with Crippen LogP contribution in [0.25, 0.3) is 0 Å². The van der Waals surface area contributed by atoms with Gasteiger partial charge >= 0.3 is 11.7 Å². The summed E-state index contributed by atoms with van der Waals surface area (Å²) in [7, 11) is 0. The smallest absolute Gasteiger partial charge is 0.345 e. The number of amides is 1. The van der Waals surface area contributed by atoms with Crippen molar-refractivity contribution in [2.24, 2.45) is 5.10 Å². The number of nitrogens with zero attached hydrogens (tertiary/aromatic N) is 3. The zero-order valence-corrected chi connectivity index (χ0v) is 17.3. The third-order valence-electron chi connectivity index (χ3n) is 4.22. The molecule has 0 aliphatic heterocycles. The van der Waals surface area contributed by atoms with Crippen LogP contribution in [-0.4, -0.2) is 27.9 Å². The third kappa shape index (κ3) is 5.54. The number of benzene rings is 3. The molecule has 33 heavy (non-hydrogen) atoms. The maximum Gasteiger partial charge on any atom is 0.345 e. The van der Waals surface area contributed by atoms with Gasteiger partial charge in [0.1, 0.15) is 0 Å². The number of hydrazone groups is 1. The van der Waals surface area contributed by atoms with Crippen molar-refractivity contribution in [3.63, 3.8) is 0 Å². The minimum Gasteiger partial charge on any atom is -0.415 e. The lowest BCUT2D eigenvalue weighted by atomic mass is 10.1. The number of hydrogen-bond donors (Lipinski definition) is 1. The highest BCUT2D eigenvalue weighted by Gasteiger charge is 2.23. The first-order valence-corrected chi connectivity index (χ1v) is 9.47. The van der Waals surface area contributed by atoms with E-state index in [9.17, 15) is 29.8 Å². The fourth-order valence-electron chi connectivity index (χ4n) is 2.63. The molecular weight excluding hydrogens is 456 g/mol. The topological polar surface area (TPSA) is 154 Å². The number of esters is 1. The quantitative estimate of drug-likeness (QED) is 0.179. The minimum atomic E-state index is -0.917. The average molecular weight is 469 g/mol. The Bertz CT molecular complexity index is 1280. The molecule has 0 fully saturated rings. The number of hydrogen-bond acceptors (Lipinski definition) is 8. The van der Waals surface area contributed by atoms with Gasteiger partial charge in [0.2, 0.25) is 5.75 Å². The Morgan fingerprint density at radius 1 is 0.939 bits per heavy atom. The zero-order valence-electron chi connectivity index (χ0n) is 16.5. The second kappa shape index (κ2) is 10.1. The molecule has 0 spiro atoms. The molecule has 3 aromatic rings. The number of rotatable bonds is 7. The molecule has 0 aliphatic rings. The van der Waals surface area contributed by atoms with Crippen LogP contribution in [0.3, 0.4) is 0 Å². The van der Waals surface area contributed by atoms with Gasteiger partial charge < -0.3 is 4.74 Å². The van der Waals surface area contributed by atoms with Crippen molar-refractivity contribution >= 4 is 41.1 Å². The number of halogens is 1. The molecular formula is C21H13ClN4O7. The van der Waals surface area contributed by atoms with Gasteiger partial charge in [-0.05, 0) is 30.3 Å². The van der Waals surface area contributed by atoms with Gasteiger partial charge in [-0.2, -0.15) is 5.10 Å². The number of nitro benzene ring substituents is 2. The summed E-state index contributed by atoms with van der Waals surface area (Å²) in [5.74, 6) is -1.98. The molecule has 3 aromatic carbocycles. The minimum absolute atomic E-state index is 0.00619. The van der Waals surface area contributed by atoms with Crippen LogP contribution in [-0.2, 0) is 0 Å². The number of ether oxygens (including phenoxy) is 1. The maximum atomic E-state index is 12.5. The molecule has 166 valence electrons. The summed E-state index contributed by atoms with van der Waals surface area (Å²) in [6.07, 6.45) is 1.06. The van der Waals surface area contributed by atoms with Crippen molar-refractivity contribution in [2.75, 3.05) is 0 Å². The number of para-hydroxylation sites is 1. The Kier molecular flexibility index (Phi) is 7.06. The van der Waals surface area contributed by atoms with Crippen LogP contribution in [0.5, 0.6) is 5.75 Å². The Morgan fingerprint density at radius 2 is 1.64 bits per heavy atom. The Morgan fingerprint density at radius 3 is 2.27 bits per heavy atom. The van der Waals surface area contributed by atoms with Crippen LogP contribution in [0.2, 0.25) is 5.02 Å². The van der Waals surface area contributed by atoms with Gasteiger partial charge in [0, 0.05) is 29.3 Å². The van der Waals surface area contributed by atoms with E-state index in [1.807, 2.05) is 0 Å². The van der Waals surface area contributed by atoms with Gasteiger partial charge in [-0.15, -0.1) is 0 Å². The van der Waals surface area contributed by atoms with Crippen LogP contribution < -0.4 is 10.2 Å². The number of carbonyl (C=O) groups excluding carboxylic acids is 2. The second-order valence-corrected chi connectivity index (χ2v) is 6.73. The van der Waals surface area contributed by atoms with Crippen LogP contribution >= 0.6 is 11.6 Å². The molecule has 0 bridgehead atoms. The molecule has 1 amide bonds. The third-order valence-corrected chi connectivity index (χ3v) is 4.55. The van der Waals surface area contributed by atoms with Crippen molar-refractivity contribution in [1.82, 2.24) is 5.43 Å². The van der Waals surface area contributed by atoms with E-state index in [1.165, 1.54) is 36.4 Å². The van der Waals surface area contributed by atoms with Gasteiger partial charge in [0.05, 0.1) is 26.6 Å². The highest BCUT2D eigenvalue weighted by Crippen LogP contribution is 2.31. The Labute approximate surface area is 190 Å². The fourth-order valence-corrected chi connectivity index (χ4v) is 2.85. The monoisotopic (exact) mass is 468 g/mol. The van der Waals surface area contributed by atoms with Gasteiger partial charge in [0.25, 0.3) is 11.6 Å². The summed E-state index contributed by atoms with van der Waals surface area (Å²) in [4.78, 5) is 45.5. The fraction of sp³-hybridized carbons (Fsp3) is 0. The van der Waals surface area contributed by atoms with Crippen molar-refractivity contribution in [3.8, 4) is 5.75 Å². The normalized spacial score (nSPS) is 10.6. The maximum absolute atomic E-state index is 12.5. The van der Waals surface area contributed by atoms with Gasteiger partial charge in [-0.1, -0.05) is 29.8 Å². The van der Waals surface area contributed by atoms with E-state index in [0.717, 1.165) is 24.4 Å². The highest BCUT2D eigenvalue weighted by molar-refractivity contribution is 6.33. The SMILES string of the molecule is O=C(N/N=C/c1cccc([N+](=O)[O-])c1OC(=O)c1ccccc1Cl)c1ccc([N+](=O)[O-])cc1. The number of nitrogens with one attached hydrogen (secondary N) is 1. The van der Waals surface area contributed by atoms with Crippen LogP contribution in [0.4, 0.5) is 11.4 Å². The molecule has 0 unspecified atom stereocenters. The summed E-state index contributed by atoms with van der Waals surface area (Å²) in [5.41, 5.74) is 1.65. The molecule has 1 N–H and O–H groups in total. The van der Waals surface area contributed by atoms with Crippen molar-refractivity contribution in [1.29, 1.82) is 0 Å². The van der Waals surface area contributed by atoms with Crippen LogP contribution in [0, 0.1) is 20.2 Å². The lowest BCUT2D eigenvalue weighted by Crippen LogP contribution is -2.18. The first kappa shape index (κ1) is 23.0. The Balaban J connectivity index is 1.83. The summed E-state index contributed by atoms with van der Waals surface area (Å²) in [6, 6.07) is 14.7. The van der Waals surface area contributed by atoms with Gasteiger partial charge in [-0.3, -0.25) is 25.0 Å². The predicted molar refractivity (Wildman–Crippen MR) is 118 cm³/mol. The first-order chi connectivity index (χ1) is 15.8. The van der Waals surface area contributed by atoms with Crippen LogP contribution in [0.15, 0.2) is 71.8 Å². The lowest BCUT2D eigenvalue weighted by molar-refractivity contribution is -0.385. The van der Waals surface area contributed by atoms with Crippen molar-refractivity contribution in [2.45, 2.75) is 0 Å². The van der Waals surface area contributed by atoms with Crippen molar-refractivity contribution < 1.29 is 24.2 Å². The lowest BCUT2D eigenvalue weighted by Gasteiger charge is -2.09. The molecule has 0 aromatic heterocycles. The van der Waals surface area contributed by atoms with Gasteiger partial charge in [-0.25, -0.2) is 10.2 Å². The molecule has 3 rings (SSSR count). The van der Waals surface area contributed by atoms with E-state index in [4.69, 9.17) is 16.3 Å². The van der Waals surface area contributed by atoms with E-state index in [-0.39, 0.29) is 33.1 Å². The molecule has 12 heteroatoms. The molecule has 0 heterocycles. The molecule has 0 saturated carbocycles. The average Bonchev–Trinajstić information content (AvgIpc) is 2.80. The van der Waals surface area contributed by atoms with E-state index < -0.39 is 27.4 Å². The summed E-state index contributed by atoms with van der Waals surface area (Å²) < 4.78 is 5.25. The molecule has 0 atom stereocenters. The number of nitro groups is 2. The number of non-ortho nitro benzene ring substituents is 1. The molecule has 0 saturated heterocycles. The van der Waals surface area contributed by atoms with E-state index in [0.29, 0.717) is 0 Å². The molecule has 0 radical (unpaired) electrons. The Hall–Kier alpha value is -4.64. The summed E-state index contributed by atoms with van der Waals surface area (Å²) >= 11 is 5.99. The highest BCUT2D eigenvalue weighted by atomic mass is 35.5. The zero-order chi connectivity index (χ0) is 24.0. The van der Waals surface area contributed by atoms with E-state index >= 15 is 0 Å². The summed E-state index contributed by atoms with van der Waals surface area (Å²) in [5, 5.41) is 26.0. The summed E-state index contributed by atoms with van der Waals surface area (Å²) in [6.45, 7) is 0. The second-order valence-electron chi connectivity index (χ2n) is 6.33. The number of carbonyl (C=O) groups is 2. The van der Waals surface area contributed by atoms with Gasteiger partial charge in [0.15, 0.2) is 0 Å². The molecule has 0 aliphatic carbocycles. The molecule has 11 nitrogen and oxygen atoms in total. The standard InChI is InChI=1S/C21H13ClN4O7/c22-17-6-2-1-5-16(17)21(28)33-19-14(4-3-7-18(19)26(31)32)12-23-24-20(27)13-8-10-15(11-9-13)25(29)30/h1-12H,(H,24,27)/b23-12+. The largest absolute Gasteiger partial charge is 0.415 e.